The second kappa shape index (κ2) is 13.7. The number of likely N-dealkylation sites (N-methyl/N-ethyl adjacent to an activating group) is 1. The zero-order valence-electron chi connectivity index (χ0n) is 29.4. The van der Waals surface area contributed by atoms with E-state index in [-0.39, 0.29) is 17.1 Å². The number of carbonyl (C=O) groups excluding carboxylic acids is 3. The van der Waals surface area contributed by atoms with Gasteiger partial charge in [-0.2, -0.15) is 0 Å². The minimum Gasteiger partial charge on any atom is -0.480 e. The number of ether oxygens (including phenoxy) is 1. The third-order valence-corrected chi connectivity index (χ3v) is 7.93. The number of pyridine rings is 1. The van der Waals surface area contributed by atoms with Gasteiger partial charge < -0.3 is 20.3 Å². The van der Waals surface area contributed by atoms with Gasteiger partial charge in [0.25, 0.3) is 5.91 Å². The molecule has 1 aromatic carbocycles. The molecule has 1 aliphatic rings. The van der Waals surface area contributed by atoms with Crippen LogP contribution in [0.2, 0.25) is 0 Å². The van der Waals surface area contributed by atoms with E-state index in [1.807, 2.05) is 74.6 Å². The number of rotatable bonds is 10. The number of hydrogen-bond acceptors (Lipinski definition) is 9. The maximum atomic E-state index is 13.5. The third-order valence-electron chi connectivity index (χ3n) is 7.93. The van der Waals surface area contributed by atoms with E-state index in [1.165, 1.54) is 0 Å². The normalized spacial score (nSPS) is 17.4. The predicted molar refractivity (Wildman–Crippen MR) is 187 cm³/mol. The summed E-state index contributed by atoms with van der Waals surface area (Å²) in [5.74, 6) is 1.03. The highest BCUT2D eigenvalue weighted by Gasteiger charge is 2.38. The predicted octanol–water partition coefficient (Wildman–Crippen LogP) is 4.60. The summed E-state index contributed by atoms with van der Waals surface area (Å²) in [5.41, 5.74) is 0.648. The van der Waals surface area contributed by atoms with Crippen LogP contribution in [0.5, 0.6) is 5.75 Å². The molecule has 0 bridgehead atoms. The average molecular weight is 668 g/mol. The molecule has 0 unspecified atom stereocenters. The third kappa shape index (κ3) is 8.29. The van der Waals surface area contributed by atoms with Crippen LogP contribution in [-0.4, -0.2) is 74.9 Å². The van der Waals surface area contributed by atoms with Crippen molar-refractivity contribution in [2.45, 2.75) is 65.0 Å². The number of anilines is 1. The van der Waals surface area contributed by atoms with Gasteiger partial charge in [0, 0.05) is 36.6 Å². The Morgan fingerprint density at radius 3 is 2.49 bits per heavy atom. The van der Waals surface area contributed by atoms with E-state index >= 15 is 0 Å². The fourth-order valence-electron chi connectivity index (χ4n) is 5.43. The summed E-state index contributed by atoms with van der Waals surface area (Å²) in [6, 6.07) is 11.9. The molecule has 3 N–H and O–H groups in total. The van der Waals surface area contributed by atoms with Crippen molar-refractivity contribution in [3.05, 3.63) is 89.3 Å². The van der Waals surface area contributed by atoms with E-state index in [9.17, 15) is 14.4 Å². The topological polar surface area (TPSA) is 156 Å². The summed E-state index contributed by atoms with van der Waals surface area (Å²) in [6.45, 7) is 13.3. The molecule has 13 heteroatoms. The number of benzene rings is 1. The van der Waals surface area contributed by atoms with Crippen molar-refractivity contribution in [1.29, 1.82) is 0 Å². The summed E-state index contributed by atoms with van der Waals surface area (Å²) >= 11 is 0. The van der Waals surface area contributed by atoms with Gasteiger partial charge in [-0.3, -0.25) is 19.3 Å². The number of aldehydes is 1. The second-order valence-electron chi connectivity index (χ2n) is 14.8. The summed E-state index contributed by atoms with van der Waals surface area (Å²) in [5, 5.41) is 17.0. The fraction of sp³-hybridized carbons (Fsp3) is 0.417. The van der Waals surface area contributed by atoms with Crippen LogP contribution in [0.1, 0.15) is 80.9 Å². The van der Waals surface area contributed by atoms with Gasteiger partial charge in [-0.15, -0.1) is 10.2 Å². The van der Waals surface area contributed by atoms with E-state index < -0.39 is 29.0 Å². The molecule has 258 valence electrons. The number of hydrogen-bond donors (Lipinski definition) is 3. The molecule has 4 aromatic rings. The van der Waals surface area contributed by atoms with E-state index in [1.54, 1.807) is 30.4 Å². The zero-order valence-corrected chi connectivity index (χ0v) is 29.4. The van der Waals surface area contributed by atoms with Crippen LogP contribution in [0, 0.1) is 5.41 Å². The Kier molecular flexibility index (Phi) is 9.86. The number of amides is 3. The molecule has 1 aliphatic carbocycles. The Hall–Kier alpha value is -5.17. The van der Waals surface area contributed by atoms with E-state index in [0.717, 1.165) is 17.9 Å². The van der Waals surface area contributed by atoms with Crippen molar-refractivity contribution in [2.75, 3.05) is 32.5 Å². The molecule has 2 atom stereocenters. The molecule has 0 radical (unpaired) electrons. The Labute approximate surface area is 286 Å². The van der Waals surface area contributed by atoms with Gasteiger partial charge in [0.15, 0.2) is 11.9 Å². The SMILES string of the molecule is CN(C)CCNC(=O)c1nc(NC(=O)N[C@@]2(C=O)C=C[C@@H](Oc3ccc4nnc(CC(C)(C)C)n4c3)c3ccccc32)cc(C(C)(C)C)n1. The highest BCUT2D eigenvalue weighted by molar-refractivity contribution is 5.94. The molecular formula is C36H45N9O4. The Balaban J connectivity index is 1.38. The first-order valence-electron chi connectivity index (χ1n) is 16.2. The zero-order chi connectivity index (χ0) is 35.6. The van der Waals surface area contributed by atoms with Crippen LogP contribution in [0.4, 0.5) is 10.6 Å². The van der Waals surface area contributed by atoms with Crippen molar-refractivity contribution in [3.63, 3.8) is 0 Å². The second-order valence-corrected chi connectivity index (χ2v) is 14.8. The lowest BCUT2D eigenvalue weighted by Crippen LogP contribution is -2.49. The number of carbonyl (C=O) groups is 3. The maximum absolute atomic E-state index is 13.5. The van der Waals surface area contributed by atoms with Crippen molar-refractivity contribution >= 4 is 29.7 Å². The summed E-state index contributed by atoms with van der Waals surface area (Å²) in [4.78, 5) is 50.0. The first kappa shape index (κ1) is 35.1. The van der Waals surface area contributed by atoms with Crippen molar-refractivity contribution < 1.29 is 19.1 Å². The molecular weight excluding hydrogens is 622 g/mol. The van der Waals surface area contributed by atoms with Crippen molar-refractivity contribution in [2.24, 2.45) is 5.41 Å². The molecule has 0 fully saturated rings. The summed E-state index contributed by atoms with van der Waals surface area (Å²) in [6.07, 6.45) is 6.12. The first-order valence-corrected chi connectivity index (χ1v) is 16.2. The molecule has 3 amide bonds. The fourth-order valence-corrected chi connectivity index (χ4v) is 5.43. The molecule has 13 nitrogen and oxygen atoms in total. The molecule has 0 saturated carbocycles. The van der Waals surface area contributed by atoms with Crippen LogP contribution in [0.15, 0.2) is 60.8 Å². The molecule has 0 saturated heterocycles. The number of aromatic nitrogens is 5. The highest BCUT2D eigenvalue weighted by Crippen LogP contribution is 2.37. The Morgan fingerprint density at radius 1 is 1.04 bits per heavy atom. The molecule has 5 rings (SSSR count). The van der Waals surface area contributed by atoms with E-state index in [2.05, 4.69) is 56.9 Å². The van der Waals surface area contributed by atoms with Crippen LogP contribution < -0.4 is 20.7 Å². The number of nitrogens with zero attached hydrogens (tertiary/aromatic N) is 6. The van der Waals surface area contributed by atoms with E-state index in [4.69, 9.17) is 4.74 Å². The first-order chi connectivity index (χ1) is 23.1. The number of urea groups is 1. The molecule has 3 aromatic heterocycles. The lowest BCUT2D eigenvalue weighted by molar-refractivity contribution is -0.111. The van der Waals surface area contributed by atoms with Crippen LogP contribution in [-0.2, 0) is 22.2 Å². The van der Waals surface area contributed by atoms with Gasteiger partial charge in [-0.25, -0.2) is 14.8 Å². The average Bonchev–Trinajstić information content (AvgIpc) is 3.41. The molecule has 49 heavy (non-hydrogen) atoms. The van der Waals surface area contributed by atoms with Gasteiger partial charge in [-0.1, -0.05) is 65.8 Å². The Bertz CT molecular complexity index is 1890. The van der Waals surface area contributed by atoms with E-state index in [0.29, 0.717) is 41.9 Å². The minimum absolute atomic E-state index is 0.0212. The lowest BCUT2D eigenvalue weighted by Gasteiger charge is -2.34. The van der Waals surface area contributed by atoms with Gasteiger partial charge >= 0.3 is 6.03 Å². The maximum Gasteiger partial charge on any atom is 0.321 e. The number of nitrogens with one attached hydrogen (secondary N) is 3. The molecule has 3 heterocycles. The van der Waals surface area contributed by atoms with Crippen molar-refractivity contribution in [3.8, 4) is 5.75 Å². The van der Waals surface area contributed by atoms with Crippen LogP contribution in [0.25, 0.3) is 5.65 Å². The van der Waals surface area contributed by atoms with Crippen LogP contribution in [0.3, 0.4) is 0 Å². The largest absolute Gasteiger partial charge is 0.480 e. The van der Waals surface area contributed by atoms with Gasteiger partial charge in [0.1, 0.15) is 29.0 Å². The molecule has 0 aliphatic heterocycles. The smallest absolute Gasteiger partial charge is 0.321 e. The number of fused-ring (bicyclic) bond motifs is 2. The summed E-state index contributed by atoms with van der Waals surface area (Å²) < 4.78 is 8.37. The van der Waals surface area contributed by atoms with Gasteiger partial charge in [0.05, 0.1) is 11.9 Å². The lowest BCUT2D eigenvalue weighted by atomic mass is 9.81. The van der Waals surface area contributed by atoms with Crippen LogP contribution >= 0.6 is 0 Å². The quantitative estimate of drug-likeness (QED) is 0.163. The highest BCUT2D eigenvalue weighted by atomic mass is 16.5. The van der Waals surface area contributed by atoms with Crippen molar-refractivity contribution in [1.82, 2.24) is 40.1 Å². The van der Waals surface area contributed by atoms with Gasteiger partial charge in [0.2, 0.25) is 5.82 Å². The monoisotopic (exact) mass is 667 g/mol. The molecule has 0 spiro atoms. The summed E-state index contributed by atoms with van der Waals surface area (Å²) in [7, 11) is 3.82. The standard InChI is InChI=1S/C36H45N9O4/c1-34(2,3)20-30-43-42-29-14-13-23(21-45(29)30)49-26-15-16-36(22-46,25-12-10-9-11-24(25)26)41-33(48)40-28-19-27(35(4,5)6)38-31(39-28)32(47)37-17-18-44(7)8/h9-16,19,21-22,26H,17-18,20H2,1-8H3,(H,37,47)(H2,38,39,40,41,48)/t26-,36-/m1/s1. The Morgan fingerprint density at radius 2 is 1.80 bits per heavy atom. The minimum atomic E-state index is -1.50. The van der Waals surface area contributed by atoms with Gasteiger partial charge in [-0.05, 0) is 49.4 Å².